The lowest BCUT2D eigenvalue weighted by molar-refractivity contribution is 0.602. The Morgan fingerprint density at radius 1 is 1.08 bits per heavy atom. The minimum absolute atomic E-state index is 0.159. The summed E-state index contributed by atoms with van der Waals surface area (Å²) in [5.74, 6) is 0. The Morgan fingerprint density at radius 3 is 2.56 bits per heavy atom. The van der Waals surface area contributed by atoms with Crippen molar-refractivity contribution in [1.29, 1.82) is 5.26 Å². The van der Waals surface area contributed by atoms with Crippen LogP contribution in [0.5, 0.6) is 0 Å². The summed E-state index contributed by atoms with van der Waals surface area (Å²) in [4.78, 5) is 14.4. The van der Waals surface area contributed by atoms with E-state index in [1.807, 2.05) is 48.5 Å². The van der Waals surface area contributed by atoms with E-state index in [-0.39, 0.29) is 5.56 Å². The second-order valence-electron chi connectivity index (χ2n) is 5.56. The molecule has 2 heterocycles. The quantitative estimate of drug-likeness (QED) is 0.571. The Hall–Kier alpha value is -3.30. The summed E-state index contributed by atoms with van der Waals surface area (Å²) in [6.45, 7) is 0.323. The lowest BCUT2D eigenvalue weighted by atomic mass is 10.1. The zero-order valence-electron chi connectivity index (χ0n) is 13.1. The predicted molar refractivity (Wildman–Crippen MR) is 97.4 cm³/mol. The molecule has 0 atom stereocenters. The topological polar surface area (TPSA) is 71.6 Å². The summed E-state index contributed by atoms with van der Waals surface area (Å²) >= 11 is 1.46. The molecule has 2 aromatic carbocycles. The van der Waals surface area contributed by atoms with Gasteiger partial charge in [-0.05, 0) is 29.3 Å². The molecule has 5 nitrogen and oxygen atoms in total. The van der Waals surface area contributed by atoms with Gasteiger partial charge in [0.15, 0.2) is 4.83 Å². The van der Waals surface area contributed by atoms with E-state index in [1.54, 1.807) is 12.1 Å². The molecule has 0 amide bonds. The SMILES string of the molecule is N#Cc1ccc(Cn2nnc3sc(-c4ccccc4)cc3c2=O)cc1. The Labute approximate surface area is 147 Å². The fourth-order valence-electron chi connectivity index (χ4n) is 2.59. The van der Waals surface area contributed by atoms with Gasteiger partial charge < -0.3 is 0 Å². The normalized spacial score (nSPS) is 10.7. The number of hydrogen-bond donors (Lipinski definition) is 0. The monoisotopic (exact) mass is 344 g/mol. The number of hydrogen-bond acceptors (Lipinski definition) is 5. The van der Waals surface area contributed by atoms with Crippen LogP contribution in [-0.2, 0) is 6.54 Å². The first kappa shape index (κ1) is 15.2. The fraction of sp³-hybridized carbons (Fsp3) is 0.0526. The number of benzene rings is 2. The van der Waals surface area contributed by atoms with Crippen LogP contribution < -0.4 is 5.56 Å². The summed E-state index contributed by atoms with van der Waals surface area (Å²) < 4.78 is 1.35. The number of fused-ring (bicyclic) bond motifs is 1. The summed E-state index contributed by atoms with van der Waals surface area (Å²) in [5, 5.41) is 17.7. The van der Waals surface area contributed by atoms with Crippen molar-refractivity contribution in [3.8, 4) is 16.5 Å². The van der Waals surface area contributed by atoms with E-state index in [9.17, 15) is 4.79 Å². The predicted octanol–water partition coefficient (Wildman–Crippen LogP) is 3.44. The minimum atomic E-state index is -0.159. The molecule has 0 spiro atoms. The van der Waals surface area contributed by atoms with Crippen LogP contribution in [0.1, 0.15) is 11.1 Å². The van der Waals surface area contributed by atoms with E-state index in [4.69, 9.17) is 5.26 Å². The van der Waals surface area contributed by atoms with Crippen molar-refractivity contribution in [3.63, 3.8) is 0 Å². The van der Waals surface area contributed by atoms with E-state index >= 15 is 0 Å². The lowest BCUT2D eigenvalue weighted by Crippen LogP contribution is -2.24. The largest absolute Gasteiger partial charge is 0.278 e. The van der Waals surface area contributed by atoms with Gasteiger partial charge in [0.25, 0.3) is 5.56 Å². The molecule has 4 rings (SSSR count). The van der Waals surface area contributed by atoms with Crippen molar-refractivity contribution in [3.05, 3.63) is 82.1 Å². The average molecular weight is 344 g/mol. The molecule has 6 heteroatoms. The first-order chi connectivity index (χ1) is 12.2. The van der Waals surface area contributed by atoms with Crippen LogP contribution in [0.2, 0.25) is 0 Å². The number of nitriles is 1. The van der Waals surface area contributed by atoms with Crippen molar-refractivity contribution in [2.45, 2.75) is 6.54 Å². The van der Waals surface area contributed by atoms with E-state index in [0.717, 1.165) is 16.0 Å². The zero-order valence-corrected chi connectivity index (χ0v) is 13.9. The van der Waals surface area contributed by atoms with Gasteiger partial charge in [0.1, 0.15) is 0 Å². The van der Waals surface area contributed by atoms with E-state index in [1.165, 1.54) is 16.0 Å². The smallest absolute Gasteiger partial charge is 0.267 e. The standard InChI is InChI=1S/C19H12N4OS/c20-11-13-6-8-14(9-7-13)12-23-19(24)16-10-17(25-18(16)21-22-23)15-4-2-1-3-5-15/h1-10H,12H2. The fourth-order valence-corrected chi connectivity index (χ4v) is 3.56. The van der Waals surface area contributed by atoms with Crippen LogP contribution in [0, 0.1) is 11.3 Å². The second-order valence-corrected chi connectivity index (χ2v) is 6.59. The van der Waals surface area contributed by atoms with Crippen molar-refractivity contribution < 1.29 is 0 Å². The molecule has 120 valence electrons. The molecule has 0 aliphatic rings. The molecule has 25 heavy (non-hydrogen) atoms. The first-order valence-corrected chi connectivity index (χ1v) is 8.48. The molecule has 0 N–H and O–H groups in total. The van der Waals surface area contributed by atoms with Crippen molar-refractivity contribution in [2.24, 2.45) is 0 Å². The number of rotatable bonds is 3. The first-order valence-electron chi connectivity index (χ1n) is 7.66. The molecule has 0 fully saturated rings. The Bertz CT molecular complexity index is 1140. The Morgan fingerprint density at radius 2 is 1.84 bits per heavy atom. The van der Waals surface area contributed by atoms with Crippen LogP contribution in [-0.4, -0.2) is 15.0 Å². The average Bonchev–Trinajstić information content (AvgIpc) is 3.11. The number of nitrogens with zero attached hydrogens (tertiary/aromatic N) is 4. The molecule has 0 radical (unpaired) electrons. The van der Waals surface area contributed by atoms with Gasteiger partial charge in [-0.2, -0.15) is 5.26 Å². The molecule has 0 aliphatic heterocycles. The van der Waals surface area contributed by atoms with Crippen LogP contribution in [0.25, 0.3) is 20.7 Å². The third kappa shape index (κ3) is 2.93. The summed E-state index contributed by atoms with van der Waals surface area (Å²) in [6.07, 6.45) is 0. The number of aromatic nitrogens is 3. The maximum Gasteiger partial charge on any atom is 0.278 e. The molecule has 2 aromatic heterocycles. The number of thiophene rings is 1. The molecule has 0 bridgehead atoms. The highest BCUT2D eigenvalue weighted by Crippen LogP contribution is 2.30. The van der Waals surface area contributed by atoms with Gasteiger partial charge in [0.2, 0.25) is 0 Å². The highest BCUT2D eigenvalue weighted by atomic mass is 32.1. The third-order valence-corrected chi connectivity index (χ3v) is 4.96. The van der Waals surface area contributed by atoms with Gasteiger partial charge in [-0.1, -0.05) is 47.7 Å². The van der Waals surface area contributed by atoms with Gasteiger partial charge in [-0.3, -0.25) is 4.79 Å². The van der Waals surface area contributed by atoms with Crippen LogP contribution in [0.3, 0.4) is 0 Å². The Kier molecular flexibility index (Phi) is 3.84. The molecule has 0 saturated heterocycles. The van der Waals surface area contributed by atoms with Gasteiger partial charge in [-0.15, -0.1) is 16.4 Å². The molecule has 4 aromatic rings. The lowest BCUT2D eigenvalue weighted by Gasteiger charge is -2.03. The highest BCUT2D eigenvalue weighted by Gasteiger charge is 2.11. The molecule has 0 aliphatic carbocycles. The molecule has 0 saturated carbocycles. The van der Waals surface area contributed by atoms with Gasteiger partial charge in [-0.25, -0.2) is 4.68 Å². The molecule has 0 unspecified atom stereocenters. The van der Waals surface area contributed by atoms with Gasteiger partial charge in [0, 0.05) is 4.88 Å². The highest BCUT2D eigenvalue weighted by molar-refractivity contribution is 7.21. The summed E-state index contributed by atoms with van der Waals surface area (Å²) in [5.41, 5.74) is 2.38. The zero-order chi connectivity index (χ0) is 17.2. The molecular weight excluding hydrogens is 332 g/mol. The van der Waals surface area contributed by atoms with Crippen LogP contribution >= 0.6 is 11.3 Å². The summed E-state index contributed by atoms with van der Waals surface area (Å²) in [7, 11) is 0. The molecular formula is C19H12N4OS. The summed E-state index contributed by atoms with van der Waals surface area (Å²) in [6, 6.07) is 21.0. The van der Waals surface area contributed by atoms with Crippen LogP contribution in [0.15, 0.2) is 65.5 Å². The third-order valence-electron chi connectivity index (χ3n) is 3.89. The Balaban J connectivity index is 1.72. The van der Waals surface area contributed by atoms with Crippen molar-refractivity contribution in [2.75, 3.05) is 0 Å². The second kappa shape index (κ2) is 6.30. The van der Waals surface area contributed by atoms with Gasteiger partial charge in [0.05, 0.1) is 23.6 Å². The van der Waals surface area contributed by atoms with E-state index in [0.29, 0.717) is 22.3 Å². The van der Waals surface area contributed by atoms with Crippen molar-refractivity contribution in [1.82, 2.24) is 15.0 Å². The van der Waals surface area contributed by atoms with Crippen molar-refractivity contribution >= 4 is 21.6 Å². The minimum Gasteiger partial charge on any atom is -0.267 e. The van der Waals surface area contributed by atoms with E-state index in [2.05, 4.69) is 16.4 Å². The van der Waals surface area contributed by atoms with Gasteiger partial charge >= 0.3 is 0 Å². The van der Waals surface area contributed by atoms with E-state index < -0.39 is 0 Å². The van der Waals surface area contributed by atoms with Crippen LogP contribution in [0.4, 0.5) is 0 Å². The maximum atomic E-state index is 12.7. The maximum absolute atomic E-state index is 12.7.